The number of nitrogens with one attached hydrogen (secondary N) is 1. The number of hydrogen-bond donors (Lipinski definition) is 2. The third-order valence-corrected chi connectivity index (χ3v) is 2.92. The van der Waals surface area contributed by atoms with Gasteiger partial charge in [0.1, 0.15) is 0 Å². The average molecular weight is 294 g/mol. The number of nitrogens with zero attached hydrogens (tertiary/aromatic N) is 1. The third kappa shape index (κ3) is 3.42. The van der Waals surface area contributed by atoms with Crippen molar-refractivity contribution >= 4 is 21.9 Å². The van der Waals surface area contributed by atoms with Crippen LogP contribution in [-0.2, 0) is 12.8 Å². The highest BCUT2D eigenvalue weighted by molar-refractivity contribution is 9.10. The van der Waals surface area contributed by atoms with Crippen LogP contribution in [0.4, 0.5) is 5.95 Å². The van der Waals surface area contributed by atoms with E-state index in [2.05, 4.69) is 25.9 Å². The van der Waals surface area contributed by atoms with Crippen LogP contribution in [0.25, 0.3) is 0 Å². The van der Waals surface area contributed by atoms with Gasteiger partial charge in [0, 0.05) is 10.5 Å². The van der Waals surface area contributed by atoms with Crippen LogP contribution in [0.5, 0.6) is 0 Å². The zero-order valence-electron chi connectivity index (χ0n) is 9.11. The van der Waals surface area contributed by atoms with Gasteiger partial charge in [-0.05, 0) is 30.5 Å². The van der Waals surface area contributed by atoms with Crippen molar-refractivity contribution in [1.29, 1.82) is 0 Å². The Kier molecular flexibility index (Phi) is 3.58. The van der Waals surface area contributed by atoms with Crippen molar-refractivity contribution in [3.63, 3.8) is 0 Å². The highest BCUT2D eigenvalue weighted by atomic mass is 79.9. The normalized spacial score (nSPS) is 10.4. The molecule has 0 radical (unpaired) electrons. The second-order valence-electron chi connectivity index (χ2n) is 3.75. The molecular weight excluding hydrogens is 282 g/mol. The van der Waals surface area contributed by atoms with Crippen molar-refractivity contribution in [3.05, 3.63) is 56.4 Å². The van der Waals surface area contributed by atoms with Gasteiger partial charge in [0.05, 0.1) is 5.69 Å². The van der Waals surface area contributed by atoms with Crippen LogP contribution >= 0.6 is 15.9 Å². The molecule has 0 fully saturated rings. The maximum Gasteiger partial charge on any atom is 0.252 e. The molecule has 1 aromatic carbocycles. The molecule has 0 bridgehead atoms. The van der Waals surface area contributed by atoms with E-state index in [1.165, 1.54) is 11.6 Å². The maximum absolute atomic E-state index is 11.2. The third-order valence-electron chi connectivity index (χ3n) is 2.40. The summed E-state index contributed by atoms with van der Waals surface area (Å²) in [5.41, 5.74) is 7.19. The lowest BCUT2D eigenvalue weighted by atomic mass is 10.1. The molecule has 1 aromatic heterocycles. The van der Waals surface area contributed by atoms with Crippen molar-refractivity contribution in [2.45, 2.75) is 12.8 Å². The zero-order chi connectivity index (χ0) is 12.3. The first-order chi connectivity index (χ1) is 8.13. The molecule has 0 amide bonds. The first kappa shape index (κ1) is 11.9. The van der Waals surface area contributed by atoms with Gasteiger partial charge in [0.2, 0.25) is 5.95 Å². The van der Waals surface area contributed by atoms with E-state index in [0.717, 1.165) is 10.9 Å². The summed E-state index contributed by atoms with van der Waals surface area (Å²) in [6, 6.07) is 9.56. The topological polar surface area (TPSA) is 71.8 Å². The van der Waals surface area contributed by atoms with E-state index < -0.39 is 0 Å². The van der Waals surface area contributed by atoms with Gasteiger partial charge in [-0.3, -0.25) is 9.78 Å². The Labute approximate surface area is 107 Å². The van der Waals surface area contributed by atoms with Crippen molar-refractivity contribution in [2.24, 2.45) is 0 Å². The number of nitrogen functional groups attached to an aromatic ring is 1. The van der Waals surface area contributed by atoms with Gasteiger partial charge >= 0.3 is 0 Å². The van der Waals surface area contributed by atoms with Crippen molar-refractivity contribution in [2.75, 3.05) is 5.73 Å². The number of rotatable bonds is 3. The Bertz CT molecular complexity index is 563. The van der Waals surface area contributed by atoms with Gasteiger partial charge in [-0.2, -0.15) is 0 Å². The number of hydrogen-bond acceptors (Lipinski definition) is 3. The molecule has 0 aliphatic heterocycles. The van der Waals surface area contributed by atoms with Gasteiger partial charge in [-0.25, -0.2) is 4.98 Å². The van der Waals surface area contributed by atoms with E-state index in [4.69, 9.17) is 5.73 Å². The van der Waals surface area contributed by atoms with Crippen molar-refractivity contribution in [3.8, 4) is 0 Å². The highest BCUT2D eigenvalue weighted by Gasteiger charge is 2.00. The van der Waals surface area contributed by atoms with Crippen LogP contribution in [0, 0.1) is 0 Å². The summed E-state index contributed by atoms with van der Waals surface area (Å²) in [6.07, 6.45) is 1.54. The molecular formula is C12H12BrN3O. The summed E-state index contributed by atoms with van der Waals surface area (Å²) < 4.78 is 1.06. The zero-order valence-corrected chi connectivity index (χ0v) is 10.7. The Hall–Kier alpha value is -1.62. The van der Waals surface area contributed by atoms with Gasteiger partial charge in [0.25, 0.3) is 5.56 Å². The second kappa shape index (κ2) is 5.14. The van der Waals surface area contributed by atoms with Crippen LogP contribution in [0.1, 0.15) is 11.3 Å². The lowest BCUT2D eigenvalue weighted by Gasteiger charge is -2.02. The Morgan fingerprint density at radius 1 is 1.24 bits per heavy atom. The molecule has 0 spiro atoms. The molecule has 2 aromatic rings. The lowest BCUT2D eigenvalue weighted by Crippen LogP contribution is -2.12. The SMILES string of the molecule is Nc1nc(CCc2ccc(Br)cc2)cc(=O)[nH]1. The molecule has 0 aliphatic rings. The quantitative estimate of drug-likeness (QED) is 0.908. The number of nitrogens with two attached hydrogens (primary N) is 1. The maximum atomic E-state index is 11.2. The Balaban J connectivity index is 2.07. The highest BCUT2D eigenvalue weighted by Crippen LogP contribution is 2.12. The van der Waals surface area contributed by atoms with Crippen LogP contribution < -0.4 is 11.3 Å². The van der Waals surface area contributed by atoms with E-state index in [1.54, 1.807) is 0 Å². The fraction of sp³-hybridized carbons (Fsp3) is 0.167. The van der Waals surface area contributed by atoms with Crippen LogP contribution in [0.3, 0.4) is 0 Å². The average Bonchev–Trinajstić information content (AvgIpc) is 2.27. The predicted octanol–water partition coefficient (Wildman–Crippen LogP) is 1.90. The molecule has 88 valence electrons. The number of H-pyrrole nitrogens is 1. The predicted molar refractivity (Wildman–Crippen MR) is 70.8 cm³/mol. The number of aryl methyl sites for hydroxylation is 2. The van der Waals surface area contributed by atoms with Gasteiger partial charge in [-0.15, -0.1) is 0 Å². The van der Waals surface area contributed by atoms with Crippen LogP contribution in [0.2, 0.25) is 0 Å². The van der Waals surface area contributed by atoms with Crippen LogP contribution in [0.15, 0.2) is 39.6 Å². The molecule has 0 aliphatic carbocycles. The Morgan fingerprint density at radius 3 is 2.59 bits per heavy atom. The summed E-state index contributed by atoms with van der Waals surface area (Å²) in [6.45, 7) is 0. The smallest absolute Gasteiger partial charge is 0.252 e. The van der Waals surface area contributed by atoms with Gasteiger partial charge < -0.3 is 5.73 Å². The fourth-order valence-corrected chi connectivity index (χ4v) is 1.84. The monoisotopic (exact) mass is 293 g/mol. The van der Waals surface area contributed by atoms with E-state index in [1.807, 2.05) is 24.3 Å². The van der Waals surface area contributed by atoms with E-state index in [0.29, 0.717) is 12.1 Å². The van der Waals surface area contributed by atoms with E-state index in [-0.39, 0.29) is 11.5 Å². The first-order valence-corrected chi connectivity index (χ1v) is 6.03. The molecule has 2 rings (SSSR count). The van der Waals surface area contributed by atoms with Crippen LogP contribution in [-0.4, -0.2) is 9.97 Å². The number of halogens is 1. The number of aromatic nitrogens is 2. The minimum Gasteiger partial charge on any atom is -0.369 e. The summed E-state index contributed by atoms with van der Waals surface area (Å²) in [7, 11) is 0. The molecule has 0 atom stereocenters. The van der Waals surface area contributed by atoms with Gasteiger partial charge in [0.15, 0.2) is 0 Å². The largest absolute Gasteiger partial charge is 0.369 e. The molecule has 3 N–H and O–H groups in total. The minimum absolute atomic E-state index is 0.170. The standard InChI is InChI=1S/C12H12BrN3O/c13-9-4-1-8(2-5-9)3-6-10-7-11(17)16-12(14)15-10/h1-2,4-5,7H,3,6H2,(H3,14,15,16,17). The molecule has 0 unspecified atom stereocenters. The summed E-state index contributed by atoms with van der Waals surface area (Å²) in [4.78, 5) is 17.7. The molecule has 0 saturated heterocycles. The molecule has 5 heteroatoms. The number of anilines is 1. The van der Waals surface area contributed by atoms with Gasteiger partial charge in [-0.1, -0.05) is 28.1 Å². The molecule has 17 heavy (non-hydrogen) atoms. The Morgan fingerprint density at radius 2 is 1.94 bits per heavy atom. The summed E-state index contributed by atoms with van der Waals surface area (Å²) in [5.74, 6) is 0.170. The van der Waals surface area contributed by atoms with Crippen molar-refractivity contribution < 1.29 is 0 Å². The number of benzene rings is 1. The van der Waals surface area contributed by atoms with E-state index in [9.17, 15) is 4.79 Å². The molecule has 4 nitrogen and oxygen atoms in total. The number of aromatic amines is 1. The second-order valence-corrected chi connectivity index (χ2v) is 4.66. The molecule has 0 saturated carbocycles. The molecule has 1 heterocycles. The minimum atomic E-state index is -0.205. The lowest BCUT2D eigenvalue weighted by molar-refractivity contribution is 0.898. The fourth-order valence-electron chi connectivity index (χ4n) is 1.58. The summed E-state index contributed by atoms with van der Waals surface area (Å²) >= 11 is 3.39. The summed E-state index contributed by atoms with van der Waals surface area (Å²) in [5, 5.41) is 0. The first-order valence-electron chi connectivity index (χ1n) is 5.23. The van der Waals surface area contributed by atoms with Crippen molar-refractivity contribution in [1.82, 2.24) is 9.97 Å². The van der Waals surface area contributed by atoms with E-state index >= 15 is 0 Å².